The normalized spacial score (nSPS) is 18.1. The van der Waals surface area contributed by atoms with E-state index in [4.69, 9.17) is 10.5 Å². The molecule has 1 aromatic carbocycles. The smallest absolute Gasteiger partial charge is 0.267 e. The summed E-state index contributed by atoms with van der Waals surface area (Å²) in [4.78, 5) is 14.2. The molecule has 0 fully saturated rings. The molecule has 2 N–H and O–H groups in total. The quantitative estimate of drug-likeness (QED) is 0.898. The standard InChI is InChI=1S/C16H24N2O2/c1-11(2)10-18-14-9-13(5-4-8-17)6-7-15(14)20-12(3)16(18)19/h6-7,9,11-12H,4-5,8,10,17H2,1-3H3. The van der Waals surface area contributed by atoms with E-state index in [1.165, 1.54) is 5.56 Å². The van der Waals surface area contributed by atoms with Crippen LogP contribution in [0.5, 0.6) is 5.75 Å². The van der Waals surface area contributed by atoms with Gasteiger partial charge < -0.3 is 15.4 Å². The minimum absolute atomic E-state index is 0.0437. The van der Waals surface area contributed by atoms with Crippen molar-refractivity contribution in [1.82, 2.24) is 0 Å². The Morgan fingerprint density at radius 2 is 2.15 bits per heavy atom. The van der Waals surface area contributed by atoms with Crippen LogP contribution in [0.2, 0.25) is 0 Å². The number of nitrogens with zero attached hydrogens (tertiary/aromatic N) is 1. The van der Waals surface area contributed by atoms with Crippen LogP contribution in [0.15, 0.2) is 18.2 Å². The van der Waals surface area contributed by atoms with Gasteiger partial charge in [0.15, 0.2) is 6.10 Å². The van der Waals surface area contributed by atoms with E-state index in [1.54, 1.807) is 6.92 Å². The number of anilines is 1. The highest BCUT2D eigenvalue weighted by Crippen LogP contribution is 2.35. The summed E-state index contributed by atoms with van der Waals surface area (Å²) in [5.41, 5.74) is 7.66. The molecule has 1 heterocycles. The van der Waals surface area contributed by atoms with Gasteiger partial charge in [0.2, 0.25) is 0 Å². The Bertz CT molecular complexity index is 485. The molecule has 2 rings (SSSR count). The Morgan fingerprint density at radius 1 is 1.40 bits per heavy atom. The Labute approximate surface area is 120 Å². The predicted molar refractivity (Wildman–Crippen MR) is 81.1 cm³/mol. The predicted octanol–water partition coefficient (Wildman–Crippen LogP) is 2.35. The number of hydrogen-bond donors (Lipinski definition) is 1. The van der Waals surface area contributed by atoms with Gasteiger partial charge in [-0.25, -0.2) is 0 Å². The number of ether oxygens (including phenoxy) is 1. The summed E-state index contributed by atoms with van der Waals surface area (Å²) in [7, 11) is 0. The van der Waals surface area contributed by atoms with E-state index in [0.717, 1.165) is 30.8 Å². The molecule has 0 saturated carbocycles. The topological polar surface area (TPSA) is 55.6 Å². The van der Waals surface area contributed by atoms with Gasteiger partial charge in [-0.3, -0.25) is 4.79 Å². The van der Waals surface area contributed by atoms with Gasteiger partial charge in [0, 0.05) is 6.54 Å². The van der Waals surface area contributed by atoms with Crippen molar-refractivity contribution in [3.05, 3.63) is 23.8 Å². The third kappa shape index (κ3) is 3.12. The molecule has 4 heteroatoms. The highest BCUT2D eigenvalue weighted by Gasteiger charge is 2.31. The van der Waals surface area contributed by atoms with E-state index in [2.05, 4.69) is 26.0 Å². The van der Waals surface area contributed by atoms with Crippen molar-refractivity contribution in [2.24, 2.45) is 11.7 Å². The second-order valence-electron chi connectivity index (χ2n) is 5.80. The van der Waals surface area contributed by atoms with Crippen LogP contribution < -0.4 is 15.4 Å². The van der Waals surface area contributed by atoms with Crippen molar-refractivity contribution in [3.63, 3.8) is 0 Å². The van der Waals surface area contributed by atoms with Gasteiger partial charge in [-0.2, -0.15) is 0 Å². The molecule has 0 saturated heterocycles. The zero-order valence-corrected chi connectivity index (χ0v) is 12.6. The molecule has 0 bridgehead atoms. The first kappa shape index (κ1) is 14.9. The SMILES string of the molecule is CC(C)CN1C(=O)C(C)Oc2ccc(CCCN)cc21. The Kier molecular flexibility index (Phi) is 4.65. The van der Waals surface area contributed by atoms with Crippen molar-refractivity contribution in [2.75, 3.05) is 18.0 Å². The summed E-state index contributed by atoms with van der Waals surface area (Å²) in [6.07, 6.45) is 1.48. The van der Waals surface area contributed by atoms with Gasteiger partial charge in [0.05, 0.1) is 5.69 Å². The first-order chi connectivity index (χ1) is 9.52. The maximum Gasteiger partial charge on any atom is 0.267 e. The second kappa shape index (κ2) is 6.27. The van der Waals surface area contributed by atoms with Crippen molar-refractivity contribution in [3.8, 4) is 5.75 Å². The highest BCUT2D eigenvalue weighted by molar-refractivity contribution is 5.99. The number of nitrogens with two attached hydrogens (primary N) is 1. The minimum Gasteiger partial charge on any atom is -0.479 e. The van der Waals surface area contributed by atoms with E-state index >= 15 is 0 Å². The lowest BCUT2D eigenvalue weighted by atomic mass is 10.0. The molecule has 1 aliphatic heterocycles. The molecule has 1 aromatic rings. The van der Waals surface area contributed by atoms with Crippen LogP contribution in [0, 0.1) is 5.92 Å². The van der Waals surface area contributed by atoms with Crippen LogP contribution in [-0.2, 0) is 11.2 Å². The summed E-state index contributed by atoms with van der Waals surface area (Å²) in [6.45, 7) is 7.44. The summed E-state index contributed by atoms with van der Waals surface area (Å²) in [5.74, 6) is 1.27. The largest absolute Gasteiger partial charge is 0.479 e. The van der Waals surface area contributed by atoms with Gasteiger partial charge in [0.25, 0.3) is 5.91 Å². The van der Waals surface area contributed by atoms with Gasteiger partial charge in [0.1, 0.15) is 5.75 Å². The molecule has 1 atom stereocenters. The number of hydrogen-bond acceptors (Lipinski definition) is 3. The summed E-state index contributed by atoms with van der Waals surface area (Å²) in [6, 6.07) is 6.10. The van der Waals surface area contributed by atoms with E-state index < -0.39 is 6.10 Å². The first-order valence-corrected chi connectivity index (χ1v) is 7.34. The maximum atomic E-state index is 12.3. The molecule has 20 heavy (non-hydrogen) atoms. The molecular weight excluding hydrogens is 252 g/mol. The zero-order valence-electron chi connectivity index (χ0n) is 12.6. The molecule has 110 valence electrons. The maximum absolute atomic E-state index is 12.3. The average Bonchev–Trinajstić information content (AvgIpc) is 2.41. The third-order valence-corrected chi connectivity index (χ3v) is 3.45. The van der Waals surface area contributed by atoms with Crippen LogP contribution in [0.25, 0.3) is 0 Å². The van der Waals surface area contributed by atoms with Gasteiger partial charge in [-0.15, -0.1) is 0 Å². The van der Waals surface area contributed by atoms with Gasteiger partial charge >= 0.3 is 0 Å². The first-order valence-electron chi connectivity index (χ1n) is 7.34. The van der Waals surface area contributed by atoms with Gasteiger partial charge in [-0.05, 0) is 49.9 Å². The molecule has 0 aliphatic carbocycles. The fraction of sp³-hybridized carbons (Fsp3) is 0.562. The molecule has 1 amide bonds. The molecule has 1 unspecified atom stereocenters. The van der Waals surface area contributed by atoms with Crippen molar-refractivity contribution < 1.29 is 9.53 Å². The van der Waals surface area contributed by atoms with E-state index in [-0.39, 0.29) is 5.91 Å². The number of carbonyl (C=O) groups is 1. The van der Waals surface area contributed by atoms with E-state index in [0.29, 0.717) is 12.5 Å². The lowest BCUT2D eigenvalue weighted by Gasteiger charge is -2.34. The lowest BCUT2D eigenvalue weighted by molar-refractivity contribution is -0.125. The van der Waals surface area contributed by atoms with Crippen molar-refractivity contribution in [1.29, 1.82) is 0 Å². The summed E-state index contributed by atoms with van der Waals surface area (Å²) >= 11 is 0. The van der Waals surface area contributed by atoms with Crippen LogP contribution >= 0.6 is 0 Å². The van der Waals surface area contributed by atoms with Crippen LogP contribution in [0.1, 0.15) is 32.8 Å². The number of amides is 1. The third-order valence-electron chi connectivity index (χ3n) is 3.45. The lowest BCUT2D eigenvalue weighted by Crippen LogP contribution is -2.46. The minimum atomic E-state index is -0.406. The monoisotopic (exact) mass is 276 g/mol. The molecule has 4 nitrogen and oxygen atoms in total. The number of rotatable bonds is 5. The number of aryl methyl sites for hydroxylation is 1. The van der Waals surface area contributed by atoms with Crippen LogP contribution in [-0.4, -0.2) is 25.1 Å². The van der Waals surface area contributed by atoms with Crippen LogP contribution in [0.3, 0.4) is 0 Å². The molecule has 0 aromatic heterocycles. The number of carbonyl (C=O) groups excluding carboxylic acids is 1. The fourth-order valence-corrected chi connectivity index (χ4v) is 2.47. The average molecular weight is 276 g/mol. The summed E-state index contributed by atoms with van der Waals surface area (Å²) in [5, 5.41) is 0. The van der Waals surface area contributed by atoms with Gasteiger partial charge in [-0.1, -0.05) is 19.9 Å². The molecular formula is C16H24N2O2. The molecule has 0 spiro atoms. The Morgan fingerprint density at radius 3 is 2.80 bits per heavy atom. The van der Waals surface area contributed by atoms with E-state index in [9.17, 15) is 4.79 Å². The Hall–Kier alpha value is -1.55. The van der Waals surface area contributed by atoms with Crippen molar-refractivity contribution in [2.45, 2.75) is 39.7 Å². The highest BCUT2D eigenvalue weighted by atomic mass is 16.5. The number of benzene rings is 1. The summed E-state index contributed by atoms with van der Waals surface area (Å²) < 4.78 is 5.70. The molecule has 0 radical (unpaired) electrons. The fourth-order valence-electron chi connectivity index (χ4n) is 2.47. The second-order valence-corrected chi connectivity index (χ2v) is 5.80. The van der Waals surface area contributed by atoms with Crippen LogP contribution in [0.4, 0.5) is 5.69 Å². The molecule has 1 aliphatic rings. The van der Waals surface area contributed by atoms with E-state index in [1.807, 2.05) is 11.0 Å². The van der Waals surface area contributed by atoms with Crippen molar-refractivity contribution >= 4 is 11.6 Å². The number of fused-ring (bicyclic) bond motifs is 1. The Balaban J connectivity index is 2.32. The zero-order chi connectivity index (χ0) is 14.7.